The van der Waals surface area contributed by atoms with Crippen LogP contribution in [0.4, 0.5) is 4.79 Å². The first-order valence-corrected chi connectivity index (χ1v) is 10.2. The van der Waals surface area contributed by atoms with E-state index in [4.69, 9.17) is 4.74 Å². The van der Waals surface area contributed by atoms with Gasteiger partial charge in [-0.3, -0.25) is 4.90 Å². The molecule has 5 nitrogen and oxygen atoms in total. The van der Waals surface area contributed by atoms with Crippen molar-refractivity contribution in [2.75, 3.05) is 19.7 Å². The minimum absolute atomic E-state index is 0.0244. The van der Waals surface area contributed by atoms with Gasteiger partial charge in [-0.1, -0.05) is 48.0 Å². The molecule has 0 radical (unpaired) electrons. The zero-order valence-corrected chi connectivity index (χ0v) is 16.5. The van der Waals surface area contributed by atoms with Crippen molar-refractivity contribution in [3.63, 3.8) is 0 Å². The first kappa shape index (κ1) is 18.8. The van der Waals surface area contributed by atoms with E-state index in [1.165, 1.54) is 11.1 Å². The van der Waals surface area contributed by atoms with Gasteiger partial charge >= 0.3 is 6.03 Å². The Morgan fingerprint density at radius 1 is 1.07 bits per heavy atom. The minimum Gasteiger partial charge on any atom is -0.491 e. The van der Waals surface area contributed by atoms with E-state index in [9.17, 15) is 4.79 Å². The maximum Gasteiger partial charge on any atom is 0.315 e. The molecule has 0 spiro atoms. The van der Waals surface area contributed by atoms with E-state index in [-0.39, 0.29) is 18.1 Å². The van der Waals surface area contributed by atoms with Gasteiger partial charge in [0.15, 0.2) is 0 Å². The predicted octanol–water partition coefficient (Wildman–Crippen LogP) is 3.26. The number of aryl methyl sites for hydroxylation is 1. The van der Waals surface area contributed by atoms with Crippen molar-refractivity contribution in [2.24, 2.45) is 0 Å². The average Bonchev–Trinajstić information content (AvgIpc) is 2.69. The number of ether oxygens (including phenoxy) is 1. The maximum atomic E-state index is 12.4. The number of amides is 2. The molecule has 2 aliphatic rings. The third kappa shape index (κ3) is 4.84. The van der Waals surface area contributed by atoms with Crippen molar-refractivity contribution >= 4 is 6.03 Å². The third-order valence-electron chi connectivity index (χ3n) is 5.63. The molecule has 2 amide bonds. The highest BCUT2D eigenvalue weighted by Crippen LogP contribution is 2.23. The van der Waals surface area contributed by atoms with E-state index in [0.717, 1.165) is 50.2 Å². The van der Waals surface area contributed by atoms with Crippen LogP contribution < -0.4 is 15.4 Å². The Morgan fingerprint density at radius 2 is 1.86 bits per heavy atom. The molecule has 1 atom stereocenters. The Morgan fingerprint density at radius 3 is 2.68 bits per heavy atom. The molecule has 2 aromatic rings. The van der Waals surface area contributed by atoms with E-state index in [0.29, 0.717) is 6.61 Å². The van der Waals surface area contributed by atoms with Crippen LogP contribution in [0.1, 0.15) is 29.5 Å². The first-order chi connectivity index (χ1) is 13.7. The average molecular weight is 380 g/mol. The fourth-order valence-electron chi connectivity index (χ4n) is 4.14. The van der Waals surface area contributed by atoms with Crippen molar-refractivity contribution in [1.82, 2.24) is 15.5 Å². The first-order valence-electron chi connectivity index (χ1n) is 10.2. The number of hydrogen-bond donors (Lipinski definition) is 2. The summed E-state index contributed by atoms with van der Waals surface area (Å²) in [6.45, 7) is 5.67. The second-order valence-corrected chi connectivity index (χ2v) is 7.98. The van der Waals surface area contributed by atoms with Crippen molar-refractivity contribution in [3.8, 4) is 5.75 Å². The van der Waals surface area contributed by atoms with Crippen molar-refractivity contribution in [1.29, 1.82) is 0 Å². The lowest BCUT2D eigenvalue weighted by molar-refractivity contribution is 0.181. The Balaban J connectivity index is 1.20. The van der Waals surface area contributed by atoms with Crippen LogP contribution in [0, 0.1) is 6.92 Å². The quantitative estimate of drug-likeness (QED) is 0.857. The van der Waals surface area contributed by atoms with Gasteiger partial charge in [-0.05, 0) is 43.4 Å². The smallest absolute Gasteiger partial charge is 0.315 e. The molecule has 2 heterocycles. The fourth-order valence-corrected chi connectivity index (χ4v) is 4.14. The number of hydrogen-bond acceptors (Lipinski definition) is 3. The molecule has 5 heteroatoms. The number of rotatable bonds is 4. The Kier molecular flexibility index (Phi) is 5.81. The van der Waals surface area contributed by atoms with Crippen LogP contribution >= 0.6 is 0 Å². The highest BCUT2D eigenvalue weighted by Gasteiger charge is 2.24. The number of fused-ring (bicyclic) bond motifs is 1. The largest absolute Gasteiger partial charge is 0.491 e. The summed E-state index contributed by atoms with van der Waals surface area (Å²) >= 11 is 0. The van der Waals surface area contributed by atoms with Gasteiger partial charge in [-0.15, -0.1) is 0 Å². The molecule has 2 N–H and O–H groups in total. The van der Waals surface area contributed by atoms with Gasteiger partial charge in [-0.2, -0.15) is 0 Å². The number of likely N-dealkylation sites (tertiary alicyclic amines) is 1. The summed E-state index contributed by atoms with van der Waals surface area (Å²) in [5, 5.41) is 6.23. The molecule has 148 valence electrons. The zero-order valence-electron chi connectivity index (χ0n) is 16.5. The van der Waals surface area contributed by atoms with E-state index in [2.05, 4.69) is 52.8 Å². The molecule has 0 aromatic heterocycles. The lowest BCUT2D eigenvalue weighted by Gasteiger charge is -2.33. The normalized spacial score (nSPS) is 20.1. The molecular weight excluding hydrogens is 350 g/mol. The second-order valence-electron chi connectivity index (χ2n) is 7.98. The minimum atomic E-state index is -0.0786. The summed E-state index contributed by atoms with van der Waals surface area (Å²) in [4.78, 5) is 14.9. The van der Waals surface area contributed by atoms with Crippen LogP contribution in [-0.2, 0) is 13.0 Å². The second kappa shape index (κ2) is 8.65. The van der Waals surface area contributed by atoms with Crippen LogP contribution in [0.3, 0.4) is 0 Å². The summed E-state index contributed by atoms with van der Waals surface area (Å²) in [5.74, 6) is 0.932. The third-order valence-corrected chi connectivity index (χ3v) is 5.63. The Labute approximate surface area is 167 Å². The molecule has 2 aliphatic heterocycles. The topological polar surface area (TPSA) is 53.6 Å². The van der Waals surface area contributed by atoms with Crippen LogP contribution in [-0.4, -0.2) is 42.7 Å². The van der Waals surface area contributed by atoms with Gasteiger partial charge in [-0.25, -0.2) is 4.79 Å². The van der Waals surface area contributed by atoms with E-state index in [1.807, 2.05) is 18.2 Å². The summed E-state index contributed by atoms with van der Waals surface area (Å²) in [7, 11) is 0. The number of carbonyl (C=O) groups excluding carboxylic acids is 1. The van der Waals surface area contributed by atoms with Gasteiger partial charge in [0, 0.05) is 25.7 Å². The van der Waals surface area contributed by atoms with Gasteiger partial charge in [0.2, 0.25) is 0 Å². The molecule has 1 unspecified atom stereocenters. The highest BCUT2D eigenvalue weighted by atomic mass is 16.5. The number of benzene rings is 2. The number of piperidine rings is 1. The van der Waals surface area contributed by atoms with Gasteiger partial charge in [0.25, 0.3) is 0 Å². The van der Waals surface area contributed by atoms with Crippen LogP contribution in [0.5, 0.6) is 5.75 Å². The summed E-state index contributed by atoms with van der Waals surface area (Å²) in [5.41, 5.74) is 3.82. The van der Waals surface area contributed by atoms with E-state index >= 15 is 0 Å². The zero-order chi connectivity index (χ0) is 19.3. The lowest BCUT2D eigenvalue weighted by Crippen LogP contribution is -2.52. The standard InChI is InChI=1S/C23H29N3O2/c1-17-5-4-6-18(13-17)15-26-11-9-20(10-12-26)24-23(27)25-21-14-19-7-2-3-8-22(19)28-16-21/h2-8,13,20-21H,9-12,14-16H2,1H3,(H2,24,25,27). The number of nitrogens with zero attached hydrogens (tertiary/aromatic N) is 1. The molecule has 0 bridgehead atoms. The fraction of sp³-hybridized carbons (Fsp3) is 0.435. The van der Waals surface area contributed by atoms with Gasteiger partial charge in [0.1, 0.15) is 12.4 Å². The number of urea groups is 1. The molecule has 0 saturated carbocycles. The number of para-hydroxylation sites is 1. The molecular formula is C23H29N3O2. The monoisotopic (exact) mass is 379 g/mol. The van der Waals surface area contributed by atoms with Crippen molar-refractivity contribution < 1.29 is 9.53 Å². The predicted molar refractivity (Wildman–Crippen MR) is 111 cm³/mol. The van der Waals surface area contributed by atoms with E-state index < -0.39 is 0 Å². The molecule has 2 aromatic carbocycles. The number of nitrogens with one attached hydrogen (secondary N) is 2. The lowest BCUT2D eigenvalue weighted by atomic mass is 10.0. The summed E-state index contributed by atoms with van der Waals surface area (Å²) in [6, 6.07) is 16.9. The van der Waals surface area contributed by atoms with Crippen molar-refractivity contribution in [2.45, 2.75) is 44.8 Å². The van der Waals surface area contributed by atoms with Gasteiger partial charge in [0.05, 0.1) is 6.04 Å². The van der Waals surface area contributed by atoms with Crippen LogP contribution in [0.15, 0.2) is 48.5 Å². The van der Waals surface area contributed by atoms with Crippen LogP contribution in [0.2, 0.25) is 0 Å². The van der Waals surface area contributed by atoms with Gasteiger partial charge < -0.3 is 15.4 Å². The molecule has 4 rings (SSSR count). The maximum absolute atomic E-state index is 12.4. The molecule has 1 fully saturated rings. The SMILES string of the molecule is Cc1cccc(CN2CCC(NC(=O)NC3COc4ccccc4C3)CC2)c1. The molecule has 0 aliphatic carbocycles. The number of carbonyl (C=O) groups is 1. The van der Waals surface area contributed by atoms with E-state index in [1.54, 1.807) is 0 Å². The molecule has 1 saturated heterocycles. The Hall–Kier alpha value is -2.53. The Bertz CT molecular complexity index is 815. The highest BCUT2D eigenvalue weighted by molar-refractivity contribution is 5.74. The summed E-state index contributed by atoms with van der Waals surface area (Å²) < 4.78 is 5.76. The van der Waals surface area contributed by atoms with Crippen LogP contribution in [0.25, 0.3) is 0 Å². The summed E-state index contributed by atoms with van der Waals surface area (Å²) in [6.07, 6.45) is 2.80. The molecule has 28 heavy (non-hydrogen) atoms. The van der Waals surface area contributed by atoms with Crippen molar-refractivity contribution in [3.05, 3.63) is 65.2 Å².